The minimum atomic E-state index is 0.455. The molecule has 0 radical (unpaired) electrons. The zero-order valence-electron chi connectivity index (χ0n) is 9.67. The fraction of sp³-hybridized carbons (Fsp3) is 0.538. The lowest BCUT2D eigenvalue weighted by atomic mass is 10.0. The van der Waals surface area contributed by atoms with E-state index < -0.39 is 0 Å². The Hall–Kier alpha value is -0.540. The number of fused-ring (bicyclic) bond motifs is 1. The quantitative estimate of drug-likeness (QED) is 0.902. The molecule has 0 fully saturated rings. The Kier molecular flexibility index (Phi) is 3.87. The molecular weight excluding hydrogens is 266 g/mol. The lowest BCUT2D eigenvalue weighted by molar-refractivity contribution is 0.287. The summed E-state index contributed by atoms with van der Waals surface area (Å²) < 4.78 is 1.14. The van der Waals surface area contributed by atoms with Gasteiger partial charge in [-0.05, 0) is 49.1 Å². The highest BCUT2D eigenvalue weighted by molar-refractivity contribution is 9.10. The molecule has 2 nitrogen and oxygen atoms in total. The van der Waals surface area contributed by atoms with Gasteiger partial charge in [-0.15, -0.1) is 0 Å². The van der Waals surface area contributed by atoms with E-state index in [-0.39, 0.29) is 0 Å². The van der Waals surface area contributed by atoms with Crippen LogP contribution in [0.4, 0.5) is 0 Å². The van der Waals surface area contributed by atoms with Gasteiger partial charge in [0.05, 0.1) is 0 Å². The second kappa shape index (κ2) is 5.19. The third kappa shape index (κ3) is 2.41. The first-order valence-corrected chi connectivity index (χ1v) is 6.73. The molecule has 0 aromatic heterocycles. The van der Waals surface area contributed by atoms with Crippen molar-refractivity contribution in [3.05, 3.63) is 27.7 Å². The van der Waals surface area contributed by atoms with Gasteiger partial charge in [0.1, 0.15) is 5.75 Å². The van der Waals surface area contributed by atoms with Crippen LogP contribution in [0.3, 0.4) is 0 Å². The van der Waals surface area contributed by atoms with Crippen LogP contribution in [0.5, 0.6) is 5.75 Å². The molecule has 1 aromatic rings. The summed E-state index contributed by atoms with van der Waals surface area (Å²) in [4.78, 5) is 2.48. The van der Waals surface area contributed by atoms with Gasteiger partial charge in [-0.25, -0.2) is 0 Å². The van der Waals surface area contributed by atoms with Crippen molar-refractivity contribution in [3.63, 3.8) is 0 Å². The third-order valence-electron chi connectivity index (χ3n) is 3.25. The Morgan fingerprint density at radius 2 is 1.94 bits per heavy atom. The lowest BCUT2D eigenvalue weighted by Gasteiger charge is -2.18. The average Bonchev–Trinajstić information content (AvgIpc) is 2.48. The Morgan fingerprint density at radius 3 is 2.62 bits per heavy atom. The lowest BCUT2D eigenvalue weighted by Crippen LogP contribution is -2.27. The van der Waals surface area contributed by atoms with Crippen molar-refractivity contribution in [2.75, 3.05) is 19.6 Å². The van der Waals surface area contributed by atoms with Crippen LogP contribution in [0.15, 0.2) is 16.6 Å². The number of aromatic hydroxyl groups is 1. The monoisotopic (exact) mass is 283 g/mol. The molecule has 0 aliphatic carbocycles. The van der Waals surface area contributed by atoms with E-state index in [2.05, 4.69) is 27.8 Å². The van der Waals surface area contributed by atoms with E-state index in [1.165, 1.54) is 12.0 Å². The number of phenolic OH excluding ortho intramolecular Hbond substituents is 1. The van der Waals surface area contributed by atoms with Crippen molar-refractivity contribution in [1.29, 1.82) is 0 Å². The van der Waals surface area contributed by atoms with E-state index in [4.69, 9.17) is 0 Å². The highest BCUT2D eigenvalue weighted by Gasteiger charge is 2.17. The largest absolute Gasteiger partial charge is 0.508 e. The first-order chi connectivity index (χ1) is 7.72. The fourth-order valence-electron chi connectivity index (χ4n) is 2.39. The van der Waals surface area contributed by atoms with Crippen molar-refractivity contribution < 1.29 is 5.11 Å². The van der Waals surface area contributed by atoms with Crippen molar-refractivity contribution in [2.45, 2.75) is 26.2 Å². The molecule has 0 atom stereocenters. The number of nitrogens with zero attached hydrogens (tertiary/aromatic N) is 1. The van der Waals surface area contributed by atoms with Crippen LogP contribution in [0.2, 0.25) is 0 Å². The van der Waals surface area contributed by atoms with E-state index in [0.717, 1.165) is 42.5 Å². The average molecular weight is 284 g/mol. The summed E-state index contributed by atoms with van der Waals surface area (Å²) in [6.45, 7) is 5.53. The molecule has 1 aliphatic rings. The molecule has 16 heavy (non-hydrogen) atoms. The summed E-state index contributed by atoms with van der Waals surface area (Å²) in [6.07, 6.45) is 3.19. The van der Waals surface area contributed by atoms with Gasteiger partial charge in [-0.1, -0.05) is 22.9 Å². The Morgan fingerprint density at radius 1 is 1.25 bits per heavy atom. The SMILES string of the molecule is CCCN1CCc2c(O)ccc(Br)c2CC1. The predicted molar refractivity (Wildman–Crippen MR) is 69.9 cm³/mol. The summed E-state index contributed by atoms with van der Waals surface area (Å²) in [5.74, 6) is 0.455. The first-order valence-electron chi connectivity index (χ1n) is 5.94. The summed E-state index contributed by atoms with van der Waals surface area (Å²) in [5.41, 5.74) is 2.42. The molecule has 0 spiro atoms. The zero-order chi connectivity index (χ0) is 11.5. The van der Waals surface area contributed by atoms with Crippen molar-refractivity contribution in [3.8, 4) is 5.75 Å². The topological polar surface area (TPSA) is 23.5 Å². The van der Waals surface area contributed by atoms with Gasteiger partial charge in [-0.3, -0.25) is 0 Å². The molecule has 3 heteroatoms. The number of phenols is 1. The van der Waals surface area contributed by atoms with Gasteiger partial charge in [-0.2, -0.15) is 0 Å². The molecule has 0 saturated carbocycles. The van der Waals surface area contributed by atoms with Gasteiger partial charge < -0.3 is 10.0 Å². The molecule has 1 heterocycles. The van der Waals surface area contributed by atoms with Crippen LogP contribution < -0.4 is 0 Å². The molecule has 1 aliphatic heterocycles. The number of benzene rings is 1. The molecule has 0 saturated heterocycles. The number of hydrogen-bond acceptors (Lipinski definition) is 2. The molecular formula is C13H18BrNO. The van der Waals surface area contributed by atoms with Gasteiger partial charge >= 0.3 is 0 Å². The zero-order valence-corrected chi connectivity index (χ0v) is 11.3. The van der Waals surface area contributed by atoms with Crippen LogP contribution in [-0.4, -0.2) is 29.6 Å². The van der Waals surface area contributed by atoms with E-state index in [1.54, 1.807) is 6.07 Å². The smallest absolute Gasteiger partial charge is 0.119 e. The van der Waals surface area contributed by atoms with E-state index in [0.29, 0.717) is 5.75 Å². The van der Waals surface area contributed by atoms with Gasteiger partial charge in [0.25, 0.3) is 0 Å². The standard InChI is InChI=1S/C13H18BrNO/c1-2-7-15-8-5-10-11(6-9-15)13(16)4-3-12(10)14/h3-4,16H,2,5-9H2,1H3. The van der Waals surface area contributed by atoms with Crippen molar-refractivity contribution in [2.24, 2.45) is 0 Å². The Labute approximate surface area is 105 Å². The summed E-state index contributed by atoms with van der Waals surface area (Å²) in [7, 11) is 0. The minimum Gasteiger partial charge on any atom is -0.508 e. The maximum absolute atomic E-state index is 9.88. The van der Waals surface area contributed by atoms with Gasteiger partial charge in [0.2, 0.25) is 0 Å². The number of halogens is 1. The number of rotatable bonds is 2. The van der Waals surface area contributed by atoms with Crippen molar-refractivity contribution >= 4 is 15.9 Å². The van der Waals surface area contributed by atoms with Crippen LogP contribution in [0.1, 0.15) is 24.5 Å². The van der Waals surface area contributed by atoms with Gasteiger partial charge in [0, 0.05) is 17.6 Å². The second-order valence-electron chi connectivity index (χ2n) is 4.37. The molecule has 2 rings (SSSR count). The summed E-state index contributed by atoms with van der Waals surface area (Å²) in [6, 6.07) is 3.74. The molecule has 88 valence electrons. The van der Waals surface area contributed by atoms with Crippen LogP contribution >= 0.6 is 15.9 Å². The maximum Gasteiger partial charge on any atom is 0.119 e. The van der Waals surface area contributed by atoms with Gasteiger partial charge in [0.15, 0.2) is 0 Å². The molecule has 0 unspecified atom stereocenters. The van der Waals surface area contributed by atoms with Crippen LogP contribution in [-0.2, 0) is 12.8 Å². The molecule has 0 bridgehead atoms. The normalized spacial score (nSPS) is 16.9. The number of hydrogen-bond donors (Lipinski definition) is 1. The minimum absolute atomic E-state index is 0.455. The van der Waals surface area contributed by atoms with E-state index in [1.807, 2.05) is 6.07 Å². The van der Waals surface area contributed by atoms with Crippen LogP contribution in [0.25, 0.3) is 0 Å². The van der Waals surface area contributed by atoms with Crippen molar-refractivity contribution in [1.82, 2.24) is 4.90 Å². The second-order valence-corrected chi connectivity index (χ2v) is 5.22. The highest BCUT2D eigenvalue weighted by Crippen LogP contribution is 2.31. The fourth-order valence-corrected chi connectivity index (χ4v) is 2.96. The Bertz CT molecular complexity index is 345. The summed E-state index contributed by atoms with van der Waals surface area (Å²) >= 11 is 3.58. The predicted octanol–water partition coefficient (Wildman–Crippen LogP) is 2.97. The third-order valence-corrected chi connectivity index (χ3v) is 3.99. The van der Waals surface area contributed by atoms with E-state index in [9.17, 15) is 5.11 Å². The Balaban J connectivity index is 2.23. The maximum atomic E-state index is 9.88. The first kappa shape index (κ1) is 11.9. The molecule has 1 N–H and O–H groups in total. The van der Waals surface area contributed by atoms with E-state index >= 15 is 0 Å². The summed E-state index contributed by atoms with van der Waals surface area (Å²) in [5, 5.41) is 9.88. The highest BCUT2D eigenvalue weighted by atomic mass is 79.9. The van der Waals surface area contributed by atoms with Crippen LogP contribution in [0, 0.1) is 0 Å². The molecule has 1 aromatic carbocycles. The molecule has 0 amide bonds.